The quantitative estimate of drug-likeness (QED) is 0.541. The largest absolute Gasteiger partial charge is 0.415 e. The lowest BCUT2D eigenvalue weighted by atomic mass is 10.2. The highest BCUT2D eigenvalue weighted by molar-refractivity contribution is 5.55. The Balaban J connectivity index is 1.74. The first-order valence-corrected chi connectivity index (χ1v) is 8.09. The van der Waals surface area contributed by atoms with Gasteiger partial charge >= 0.3 is 0 Å². The number of nitro groups is 1. The summed E-state index contributed by atoms with van der Waals surface area (Å²) in [5.74, 6) is 0.476. The Bertz CT molecular complexity index is 911. The number of hydrogen-bond acceptors (Lipinski definition) is 5. The highest BCUT2D eigenvalue weighted by Gasteiger charge is 2.23. The van der Waals surface area contributed by atoms with E-state index in [1.54, 1.807) is 30.3 Å². The summed E-state index contributed by atoms with van der Waals surface area (Å²) in [6.45, 7) is 2.40. The van der Waals surface area contributed by atoms with Crippen molar-refractivity contribution in [1.29, 1.82) is 0 Å². The standard InChI is InChI=1S/C18H17FN4O3/c1-12(22(2)11-14-5-3-4-6-16(14)19)17-20-21-18(26-17)13-7-9-15(10-8-13)23(24)25/h3-10,12H,11H2,1-2H3/p+1/t12-/m1/s1. The molecule has 0 amide bonds. The Morgan fingerprint density at radius 1 is 1.19 bits per heavy atom. The topological polar surface area (TPSA) is 86.5 Å². The summed E-state index contributed by atoms with van der Waals surface area (Å²) < 4.78 is 19.5. The van der Waals surface area contributed by atoms with Crippen LogP contribution in [0.4, 0.5) is 10.1 Å². The van der Waals surface area contributed by atoms with E-state index in [0.29, 0.717) is 29.5 Å². The first-order chi connectivity index (χ1) is 12.5. The number of nitrogens with zero attached hydrogens (tertiary/aromatic N) is 3. The van der Waals surface area contributed by atoms with Crippen molar-refractivity contribution in [1.82, 2.24) is 10.2 Å². The zero-order valence-corrected chi connectivity index (χ0v) is 14.3. The predicted molar refractivity (Wildman–Crippen MR) is 91.8 cm³/mol. The molecule has 3 aromatic rings. The molecule has 1 heterocycles. The number of halogens is 1. The molecule has 0 bridgehead atoms. The van der Waals surface area contributed by atoms with Gasteiger partial charge < -0.3 is 9.32 Å². The minimum atomic E-state index is -0.466. The summed E-state index contributed by atoms with van der Waals surface area (Å²) in [5.41, 5.74) is 1.22. The Kier molecular flexibility index (Phi) is 5.04. The summed E-state index contributed by atoms with van der Waals surface area (Å²) in [4.78, 5) is 11.2. The Morgan fingerprint density at radius 2 is 1.88 bits per heavy atom. The highest BCUT2D eigenvalue weighted by atomic mass is 19.1. The lowest BCUT2D eigenvalue weighted by Crippen LogP contribution is -3.07. The van der Waals surface area contributed by atoms with E-state index in [-0.39, 0.29) is 17.5 Å². The Morgan fingerprint density at radius 3 is 2.54 bits per heavy atom. The van der Waals surface area contributed by atoms with Crippen LogP contribution in [0.3, 0.4) is 0 Å². The van der Waals surface area contributed by atoms with Crippen molar-refractivity contribution in [3.63, 3.8) is 0 Å². The van der Waals surface area contributed by atoms with Crippen LogP contribution in [0.2, 0.25) is 0 Å². The molecule has 7 nitrogen and oxygen atoms in total. The maximum atomic E-state index is 13.8. The molecule has 134 valence electrons. The van der Waals surface area contributed by atoms with Gasteiger partial charge in [0.2, 0.25) is 5.89 Å². The van der Waals surface area contributed by atoms with Crippen LogP contribution in [-0.2, 0) is 6.54 Å². The van der Waals surface area contributed by atoms with Crippen LogP contribution >= 0.6 is 0 Å². The maximum absolute atomic E-state index is 13.8. The second kappa shape index (κ2) is 7.40. The van der Waals surface area contributed by atoms with Crippen LogP contribution in [-0.4, -0.2) is 22.2 Å². The summed E-state index contributed by atoms with van der Waals surface area (Å²) in [7, 11) is 1.92. The van der Waals surface area contributed by atoms with Gasteiger partial charge in [-0.15, -0.1) is 10.2 Å². The van der Waals surface area contributed by atoms with Gasteiger partial charge in [0.05, 0.1) is 12.0 Å². The van der Waals surface area contributed by atoms with E-state index in [2.05, 4.69) is 10.2 Å². The van der Waals surface area contributed by atoms with E-state index < -0.39 is 4.92 Å². The van der Waals surface area contributed by atoms with Gasteiger partial charge in [-0.1, -0.05) is 18.2 Å². The monoisotopic (exact) mass is 357 g/mol. The first kappa shape index (κ1) is 17.7. The van der Waals surface area contributed by atoms with Gasteiger partial charge in [-0.3, -0.25) is 10.1 Å². The van der Waals surface area contributed by atoms with Crippen molar-refractivity contribution in [3.8, 4) is 11.5 Å². The summed E-state index contributed by atoms with van der Waals surface area (Å²) in [6.07, 6.45) is 0. The second-order valence-electron chi connectivity index (χ2n) is 6.09. The third-order valence-corrected chi connectivity index (χ3v) is 4.30. The predicted octanol–water partition coefficient (Wildman–Crippen LogP) is 2.56. The first-order valence-electron chi connectivity index (χ1n) is 8.09. The number of hydrogen-bond donors (Lipinski definition) is 1. The summed E-state index contributed by atoms with van der Waals surface area (Å²) >= 11 is 0. The van der Waals surface area contributed by atoms with Crippen LogP contribution in [0.15, 0.2) is 52.9 Å². The maximum Gasteiger partial charge on any atom is 0.274 e. The van der Waals surface area contributed by atoms with Gasteiger partial charge in [-0.2, -0.15) is 0 Å². The van der Waals surface area contributed by atoms with E-state index in [0.717, 1.165) is 4.90 Å². The molecular weight excluding hydrogens is 339 g/mol. The number of rotatable bonds is 6. The Hall–Kier alpha value is -3.13. The number of nitrogens with one attached hydrogen (secondary N) is 1. The third kappa shape index (κ3) is 3.75. The normalized spacial score (nSPS) is 13.3. The van der Waals surface area contributed by atoms with Gasteiger partial charge in [0, 0.05) is 23.3 Å². The van der Waals surface area contributed by atoms with Crippen molar-refractivity contribution in [2.24, 2.45) is 0 Å². The molecule has 1 N–H and O–H groups in total. The second-order valence-corrected chi connectivity index (χ2v) is 6.09. The van der Waals surface area contributed by atoms with E-state index in [1.165, 1.54) is 18.2 Å². The molecule has 0 aliphatic heterocycles. The molecule has 0 saturated heterocycles. The summed E-state index contributed by atoms with van der Waals surface area (Å²) in [6, 6.07) is 12.4. The lowest BCUT2D eigenvalue weighted by Gasteiger charge is -2.19. The van der Waals surface area contributed by atoms with E-state index in [4.69, 9.17) is 4.42 Å². The van der Waals surface area contributed by atoms with Crippen LogP contribution in [0.5, 0.6) is 0 Å². The number of aromatic nitrogens is 2. The number of non-ortho nitro benzene ring substituents is 1. The van der Waals surface area contributed by atoms with E-state index >= 15 is 0 Å². The van der Waals surface area contributed by atoms with E-state index in [1.807, 2.05) is 14.0 Å². The van der Waals surface area contributed by atoms with Crippen molar-refractivity contribution in [2.45, 2.75) is 19.5 Å². The SMILES string of the molecule is C[C@H](c1nnc(-c2ccc([N+](=O)[O-])cc2)o1)[NH+](C)Cc1ccccc1F. The van der Waals surface area contributed by atoms with Crippen LogP contribution < -0.4 is 4.90 Å². The van der Waals surface area contributed by atoms with Gasteiger partial charge in [-0.25, -0.2) is 4.39 Å². The van der Waals surface area contributed by atoms with Gasteiger partial charge in [-0.05, 0) is 25.1 Å². The average Bonchev–Trinajstić information content (AvgIpc) is 3.13. The minimum Gasteiger partial charge on any atom is -0.415 e. The van der Waals surface area contributed by atoms with Crippen LogP contribution in [0, 0.1) is 15.9 Å². The van der Waals surface area contributed by atoms with Crippen LogP contribution in [0.1, 0.15) is 24.4 Å². The molecule has 8 heteroatoms. The zero-order valence-electron chi connectivity index (χ0n) is 14.3. The molecule has 0 spiro atoms. The highest BCUT2D eigenvalue weighted by Crippen LogP contribution is 2.22. The molecule has 0 radical (unpaired) electrons. The van der Waals surface area contributed by atoms with Crippen LogP contribution in [0.25, 0.3) is 11.5 Å². The minimum absolute atomic E-state index is 0.00378. The zero-order chi connectivity index (χ0) is 18.7. The average molecular weight is 357 g/mol. The van der Waals surface area contributed by atoms with E-state index in [9.17, 15) is 14.5 Å². The molecule has 2 atom stereocenters. The molecule has 1 unspecified atom stereocenters. The third-order valence-electron chi connectivity index (χ3n) is 4.30. The summed E-state index contributed by atoms with van der Waals surface area (Å²) in [5, 5.41) is 18.8. The molecule has 0 aliphatic rings. The number of nitro benzene ring substituents is 1. The fraction of sp³-hybridized carbons (Fsp3) is 0.222. The molecule has 0 fully saturated rings. The molecular formula is C18H18FN4O3+. The van der Waals surface area contributed by atoms with Crippen molar-refractivity contribution < 1.29 is 18.6 Å². The van der Waals surface area contributed by atoms with Gasteiger partial charge in [0.15, 0.2) is 6.04 Å². The number of benzene rings is 2. The molecule has 0 aliphatic carbocycles. The Labute approximate surface area is 149 Å². The molecule has 1 aromatic heterocycles. The smallest absolute Gasteiger partial charge is 0.274 e. The van der Waals surface area contributed by atoms with Crippen molar-refractivity contribution in [3.05, 3.63) is 75.9 Å². The number of quaternary nitrogens is 1. The fourth-order valence-corrected chi connectivity index (χ4v) is 2.56. The van der Waals surface area contributed by atoms with Gasteiger partial charge in [0.1, 0.15) is 12.4 Å². The fourth-order valence-electron chi connectivity index (χ4n) is 2.56. The van der Waals surface area contributed by atoms with Crippen molar-refractivity contribution in [2.75, 3.05) is 7.05 Å². The lowest BCUT2D eigenvalue weighted by molar-refractivity contribution is -0.925. The van der Waals surface area contributed by atoms with Crippen molar-refractivity contribution >= 4 is 5.69 Å². The molecule has 3 rings (SSSR count). The molecule has 26 heavy (non-hydrogen) atoms. The van der Waals surface area contributed by atoms with Gasteiger partial charge in [0.25, 0.3) is 11.6 Å². The molecule has 0 saturated carbocycles. The molecule has 2 aromatic carbocycles.